The van der Waals surface area contributed by atoms with Crippen LogP contribution in [-0.4, -0.2) is 44.8 Å². The lowest BCUT2D eigenvalue weighted by Gasteiger charge is -2.33. The van der Waals surface area contributed by atoms with Crippen LogP contribution in [0.5, 0.6) is 0 Å². The zero-order valence-corrected chi connectivity index (χ0v) is 12.8. The monoisotopic (exact) mass is 276 g/mol. The highest BCUT2D eigenvalue weighted by molar-refractivity contribution is 5.19. The van der Waals surface area contributed by atoms with Crippen LogP contribution in [0.1, 0.15) is 31.4 Å². The number of nitrogens with zero attached hydrogens (tertiary/aromatic N) is 1. The second kappa shape index (κ2) is 8.40. The van der Waals surface area contributed by atoms with E-state index in [2.05, 4.69) is 54.5 Å². The first-order valence-electron chi connectivity index (χ1n) is 7.85. The summed E-state index contributed by atoms with van der Waals surface area (Å²) in [7, 11) is 2.24. The molecule has 20 heavy (non-hydrogen) atoms. The molecule has 0 aromatic heterocycles. The molecule has 1 fully saturated rings. The molecule has 0 radical (unpaired) electrons. The molecule has 1 saturated heterocycles. The third-order valence-corrected chi connectivity index (χ3v) is 4.10. The number of likely N-dealkylation sites (N-methyl/N-ethyl adjacent to an activating group) is 2. The van der Waals surface area contributed by atoms with Gasteiger partial charge in [-0.25, -0.2) is 0 Å². The van der Waals surface area contributed by atoms with Crippen molar-refractivity contribution >= 4 is 0 Å². The third-order valence-electron chi connectivity index (χ3n) is 4.10. The Kier molecular flexibility index (Phi) is 6.51. The molecule has 1 aromatic carbocycles. The predicted octanol–water partition coefficient (Wildman–Crippen LogP) is 2.70. The summed E-state index contributed by atoms with van der Waals surface area (Å²) < 4.78 is 5.61. The molecule has 3 nitrogen and oxygen atoms in total. The Hall–Kier alpha value is -0.900. The Bertz CT molecular complexity index is 363. The molecular formula is C17H28N2O. The Labute approximate surface area is 123 Å². The fourth-order valence-electron chi connectivity index (χ4n) is 2.97. The van der Waals surface area contributed by atoms with E-state index in [0.29, 0.717) is 12.0 Å². The molecule has 1 aliphatic rings. The Morgan fingerprint density at radius 1 is 1.35 bits per heavy atom. The maximum atomic E-state index is 5.61. The molecule has 0 bridgehead atoms. The summed E-state index contributed by atoms with van der Waals surface area (Å²) in [5.74, 6) is 0.682. The van der Waals surface area contributed by atoms with Crippen molar-refractivity contribution in [2.75, 3.05) is 39.9 Å². The van der Waals surface area contributed by atoms with Crippen molar-refractivity contribution in [3.05, 3.63) is 35.9 Å². The minimum absolute atomic E-state index is 0.443. The Morgan fingerprint density at radius 3 is 2.80 bits per heavy atom. The van der Waals surface area contributed by atoms with Crippen LogP contribution >= 0.6 is 0 Å². The zero-order chi connectivity index (χ0) is 14.2. The summed E-state index contributed by atoms with van der Waals surface area (Å²) in [4.78, 5) is 2.48. The topological polar surface area (TPSA) is 24.5 Å². The van der Waals surface area contributed by atoms with E-state index in [9.17, 15) is 0 Å². The Balaban J connectivity index is 1.97. The van der Waals surface area contributed by atoms with E-state index in [0.717, 1.165) is 32.8 Å². The normalized spacial score (nSPS) is 21.1. The minimum atomic E-state index is 0.443. The van der Waals surface area contributed by atoms with Gasteiger partial charge in [-0.1, -0.05) is 37.3 Å². The third kappa shape index (κ3) is 4.58. The molecule has 1 heterocycles. The van der Waals surface area contributed by atoms with Gasteiger partial charge in [0, 0.05) is 25.7 Å². The summed E-state index contributed by atoms with van der Waals surface area (Å²) >= 11 is 0. The van der Waals surface area contributed by atoms with E-state index in [4.69, 9.17) is 4.74 Å². The predicted molar refractivity (Wildman–Crippen MR) is 83.9 cm³/mol. The van der Waals surface area contributed by atoms with Crippen molar-refractivity contribution in [2.24, 2.45) is 5.92 Å². The lowest BCUT2D eigenvalue weighted by Crippen LogP contribution is -2.38. The highest BCUT2D eigenvalue weighted by Gasteiger charge is 2.21. The van der Waals surface area contributed by atoms with Gasteiger partial charge in [0.1, 0.15) is 0 Å². The van der Waals surface area contributed by atoms with Crippen molar-refractivity contribution in [3.63, 3.8) is 0 Å². The first-order valence-corrected chi connectivity index (χ1v) is 7.85. The van der Waals surface area contributed by atoms with Crippen LogP contribution in [0.25, 0.3) is 0 Å². The summed E-state index contributed by atoms with van der Waals surface area (Å²) in [6.07, 6.45) is 2.51. The molecule has 0 aliphatic carbocycles. The molecule has 1 N–H and O–H groups in total. The fraction of sp³-hybridized carbons (Fsp3) is 0.647. The molecule has 2 unspecified atom stereocenters. The van der Waals surface area contributed by atoms with E-state index in [-0.39, 0.29) is 0 Å². The summed E-state index contributed by atoms with van der Waals surface area (Å²) in [6.45, 7) is 7.17. The molecule has 0 saturated carbocycles. The van der Waals surface area contributed by atoms with Gasteiger partial charge in [-0.05, 0) is 37.9 Å². The van der Waals surface area contributed by atoms with Gasteiger partial charge in [-0.2, -0.15) is 0 Å². The van der Waals surface area contributed by atoms with Crippen molar-refractivity contribution < 1.29 is 4.74 Å². The van der Waals surface area contributed by atoms with Crippen LogP contribution in [0, 0.1) is 5.92 Å². The van der Waals surface area contributed by atoms with Crippen LogP contribution in [0.3, 0.4) is 0 Å². The van der Waals surface area contributed by atoms with Gasteiger partial charge in [0.25, 0.3) is 0 Å². The molecular weight excluding hydrogens is 248 g/mol. The standard InChI is InChI=1S/C17H28N2O/c1-3-18-12-17(16-9-5-4-6-10-16)19(2)13-15-8-7-11-20-14-15/h4-6,9-10,15,17-18H,3,7-8,11-14H2,1-2H3. The van der Waals surface area contributed by atoms with Crippen molar-refractivity contribution in [3.8, 4) is 0 Å². The molecule has 2 atom stereocenters. The van der Waals surface area contributed by atoms with Crippen LogP contribution in [0.4, 0.5) is 0 Å². The van der Waals surface area contributed by atoms with Crippen molar-refractivity contribution in [1.29, 1.82) is 0 Å². The highest BCUT2D eigenvalue weighted by atomic mass is 16.5. The zero-order valence-electron chi connectivity index (χ0n) is 12.8. The molecule has 0 spiro atoms. The van der Waals surface area contributed by atoms with Crippen molar-refractivity contribution in [2.45, 2.75) is 25.8 Å². The summed E-state index contributed by atoms with van der Waals surface area (Å²) in [5, 5.41) is 3.49. The maximum Gasteiger partial charge on any atom is 0.0506 e. The number of hydrogen-bond acceptors (Lipinski definition) is 3. The number of benzene rings is 1. The van der Waals surface area contributed by atoms with E-state index in [1.165, 1.54) is 18.4 Å². The lowest BCUT2D eigenvalue weighted by atomic mass is 9.99. The quantitative estimate of drug-likeness (QED) is 0.828. The minimum Gasteiger partial charge on any atom is -0.381 e. The fourth-order valence-corrected chi connectivity index (χ4v) is 2.97. The molecule has 3 heteroatoms. The van der Waals surface area contributed by atoms with Gasteiger partial charge in [0.2, 0.25) is 0 Å². The molecule has 1 aliphatic heterocycles. The number of hydrogen-bond donors (Lipinski definition) is 1. The summed E-state index contributed by atoms with van der Waals surface area (Å²) in [5.41, 5.74) is 1.40. The van der Waals surface area contributed by atoms with Gasteiger partial charge in [-0.15, -0.1) is 0 Å². The van der Waals surface area contributed by atoms with Crippen LogP contribution in [0.2, 0.25) is 0 Å². The van der Waals surface area contributed by atoms with Crippen LogP contribution in [0.15, 0.2) is 30.3 Å². The van der Waals surface area contributed by atoms with E-state index < -0.39 is 0 Å². The molecule has 1 aromatic rings. The first kappa shape index (κ1) is 15.5. The second-order valence-corrected chi connectivity index (χ2v) is 5.76. The molecule has 112 valence electrons. The Morgan fingerprint density at radius 2 is 2.15 bits per heavy atom. The van der Waals surface area contributed by atoms with Gasteiger partial charge in [0.15, 0.2) is 0 Å². The SMILES string of the molecule is CCNCC(c1ccccc1)N(C)CC1CCCOC1. The van der Waals surface area contributed by atoms with Crippen molar-refractivity contribution in [1.82, 2.24) is 10.2 Å². The summed E-state index contributed by atoms with van der Waals surface area (Å²) in [6, 6.07) is 11.3. The highest BCUT2D eigenvalue weighted by Crippen LogP contribution is 2.22. The average molecular weight is 276 g/mol. The van der Waals surface area contributed by atoms with Gasteiger partial charge >= 0.3 is 0 Å². The molecule has 0 amide bonds. The number of rotatable bonds is 7. The first-order chi connectivity index (χ1) is 9.81. The average Bonchev–Trinajstić information content (AvgIpc) is 2.50. The van der Waals surface area contributed by atoms with Crippen LogP contribution < -0.4 is 5.32 Å². The smallest absolute Gasteiger partial charge is 0.0506 e. The maximum absolute atomic E-state index is 5.61. The van der Waals surface area contributed by atoms with Crippen LogP contribution in [-0.2, 0) is 4.74 Å². The van der Waals surface area contributed by atoms with E-state index >= 15 is 0 Å². The van der Waals surface area contributed by atoms with E-state index in [1.807, 2.05) is 0 Å². The second-order valence-electron chi connectivity index (χ2n) is 5.76. The van der Waals surface area contributed by atoms with Gasteiger partial charge < -0.3 is 10.1 Å². The van der Waals surface area contributed by atoms with Gasteiger partial charge in [-0.3, -0.25) is 4.90 Å². The largest absolute Gasteiger partial charge is 0.381 e. The number of nitrogens with one attached hydrogen (secondary N) is 1. The molecule has 2 rings (SSSR count). The lowest BCUT2D eigenvalue weighted by molar-refractivity contribution is 0.0360. The van der Waals surface area contributed by atoms with E-state index in [1.54, 1.807) is 0 Å². The van der Waals surface area contributed by atoms with Gasteiger partial charge in [0.05, 0.1) is 6.61 Å². The number of ether oxygens (including phenoxy) is 1.